The molecule has 2 aromatic carbocycles. The van der Waals surface area contributed by atoms with Crippen molar-refractivity contribution in [1.82, 2.24) is 15.3 Å². The molecule has 5 nitrogen and oxygen atoms in total. The van der Waals surface area contributed by atoms with E-state index in [9.17, 15) is 5.11 Å². The molecule has 2 heterocycles. The van der Waals surface area contributed by atoms with Gasteiger partial charge in [-0.2, -0.15) is 0 Å². The Hall–Kier alpha value is -3.06. The first-order valence-corrected chi connectivity index (χ1v) is 10.7. The summed E-state index contributed by atoms with van der Waals surface area (Å²) >= 11 is 1.64. The van der Waals surface area contributed by atoms with Crippen LogP contribution in [0.3, 0.4) is 0 Å². The van der Waals surface area contributed by atoms with E-state index in [4.69, 9.17) is 9.72 Å². The number of aliphatic hydroxyl groups is 1. The number of nitrogens with one attached hydrogen (secondary N) is 1. The molecule has 1 atom stereocenters. The number of ether oxygens (including phenoxy) is 1. The van der Waals surface area contributed by atoms with Crippen LogP contribution < -0.4 is 10.1 Å². The highest BCUT2D eigenvalue weighted by atomic mass is 32.1. The Balaban J connectivity index is 1.24. The monoisotopic (exact) mass is 417 g/mol. The second-order valence-electron chi connectivity index (χ2n) is 6.78. The van der Waals surface area contributed by atoms with Gasteiger partial charge in [0.05, 0.1) is 11.8 Å². The maximum absolute atomic E-state index is 10.1. The van der Waals surface area contributed by atoms with Crippen molar-refractivity contribution in [3.63, 3.8) is 0 Å². The molecule has 4 aromatic rings. The van der Waals surface area contributed by atoms with E-state index in [-0.39, 0.29) is 0 Å². The summed E-state index contributed by atoms with van der Waals surface area (Å²) in [5.41, 5.74) is 4.00. The first-order chi connectivity index (χ1) is 14.8. The lowest BCUT2D eigenvalue weighted by Crippen LogP contribution is -2.26. The van der Waals surface area contributed by atoms with Crippen LogP contribution in [0.2, 0.25) is 0 Å². The molecule has 2 aromatic heterocycles. The number of pyridine rings is 1. The molecule has 4 rings (SSSR count). The predicted molar refractivity (Wildman–Crippen MR) is 121 cm³/mol. The van der Waals surface area contributed by atoms with Gasteiger partial charge in [-0.15, -0.1) is 11.3 Å². The Bertz CT molecular complexity index is 1040. The van der Waals surface area contributed by atoms with Gasteiger partial charge < -0.3 is 15.2 Å². The van der Waals surface area contributed by atoms with E-state index in [1.54, 1.807) is 23.7 Å². The SMILES string of the molecule is OC(CNCCOc1ccc(-c2nc(-c3ccccc3)cs2)cc1)c1cccnc1. The summed E-state index contributed by atoms with van der Waals surface area (Å²) in [6, 6.07) is 21.9. The van der Waals surface area contributed by atoms with E-state index in [0.717, 1.165) is 33.1 Å². The summed E-state index contributed by atoms with van der Waals surface area (Å²) in [5, 5.41) is 16.4. The summed E-state index contributed by atoms with van der Waals surface area (Å²) in [7, 11) is 0. The van der Waals surface area contributed by atoms with Crippen molar-refractivity contribution in [2.45, 2.75) is 6.10 Å². The lowest BCUT2D eigenvalue weighted by Gasteiger charge is -2.12. The molecule has 0 aliphatic rings. The third-order valence-corrected chi connectivity index (χ3v) is 5.52. The van der Waals surface area contributed by atoms with Crippen LogP contribution >= 0.6 is 11.3 Å². The van der Waals surface area contributed by atoms with Crippen LogP contribution in [-0.2, 0) is 0 Å². The Morgan fingerprint density at radius 2 is 1.80 bits per heavy atom. The average molecular weight is 418 g/mol. The summed E-state index contributed by atoms with van der Waals surface area (Å²) in [4.78, 5) is 8.77. The minimum absolute atomic E-state index is 0.460. The quantitative estimate of drug-likeness (QED) is 0.390. The molecule has 0 fully saturated rings. The van der Waals surface area contributed by atoms with Gasteiger partial charge in [-0.25, -0.2) is 4.98 Å². The number of rotatable bonds is 9. The molecular formula is C24H23N3O2S. The standard InChI is InChI=1S/C24H23N3O2S/c28-23(20-7-4-12-25-15-20)16-26-13-14-29-21-10-8-19(9-11-21)24-27-22(17-30-24)18-5-2-1-3-6-18/h1-12,15,17,23,26,28H,13-14,16H2. The second-order valence-corrected chi connectivity index (χ2v) is 7.64. The number of benzene rings is 2. The molecule has 0 spiro atoms. The molecule has 2 N–H and O–H groups in total. The fourth-order valence-electron chi connectivity index (χ4n) is 3.01. The zero-order chi connectivity index (χ0) is 20.6. The number of hydrogen-bond donors (Lipinski definition) is 2. The third kappa shape index (κ3) is 5.30. The van der Waals surface area contributed by atoms with Crippen LogP contribution in [0.15, 0.2) is 84.5 Å². The number of aliphatic hydroxyl groups excluding tert-OH is 1. The van der Waals surface area contributed by atoms with Crippen molar-refractivity contribution in [3.05, 3.63) is 90.1 Å². The highest BCUT2D eigenvalue weighted by Gasteiger charge is 2.08. The van der Waals surface area contributed by atoms with Crippen molar-refractivity contribution in [2.75, 3.05) is 19.7 Å². The molecule has 30 heavy (non-hydrogen) atoms. The molecule has 1 unspecified atom stereocenters. The number of hydrogen-bond acceptors (Lipinski definition) is 6. The van der Waals surface area contributed by atoms with Crippen LogP contribution in [0.5, 0.6) is 5.75 Å². The topological polar surface area (TPSA) is 67.3 Å². The van der Waals surface area contributed by atoms with E-state index >= 15 is 0 Å². The average Bonchev–Trinajstić information content (AvgIpc) is 3.31. The van der Waals surface area contributed by atoms with E-state index in [0.29, 0.717) is 19.7 Å². The summed E-state index contributed by atoms with van der Waals surface area (Å²) in [6.45, 7) is 1.63. The Kier molecular flexibility index (Phi) is 6.82. The predicted octanol–water partition coefficient (Wildman–Crippen LogP) is 4.57. The lowest BCUT2D eigenvalue weighted by atomic mass is 10.1. The van der Waals surface area contributed by atoms with Gasteiger partial charge in [-0.3, -0.25) is 4.98 Å². The van der Waals surface area contributed by atoms with Crippen LogP contribution in [0.4, 0.5) is 0 Å². The maximum atomic E-state index is 10.1. The fraction of sp³-hybridized carbons (Fsp3) is 0.167. The van der Waals surface area contributed by atoms with Gasteiger partial charge in [0.2, 0.25) is 0 Å². The van der Waals surface area contributed by atoms with Gasteiger partial charge in [0, 0.05) is 47.6 Å². The molecule has 0 aliphatic carbocycles. The van der Waals surface area contributed by atoms with Gasteiger partial charge in [0.1, 0.15) is 17.4 Å². The normalized spacial score (nSPS) is 11.9. The second kappa shape index (κ2) is 10.1. The zero-order valence-corrected chi connectivity index (χ0v) is 17.3. The van der Waals surface area contributed by atoms with Crippen molar-refractivity contribution in [1.29, 1.82) is 0 Å². The van der Waals surface area contributed by atoms with E-state index in [2.05, 4.69) is 27.8 Å². The Morgan fingerprint density at radius 3 is 2.57 bits per heavy atom. The van der Waals surface area contributed by atoms with Crippen molar-refractivity contribution >= 4 is 11.3 Å². The summed E-state index contributed by atoms with van der Waals surface area (Å²) < 4.78 is 5.79. The molecule has 6 heteroatoms. The Morgan fingerprint density at radius 1 is 0.967 bits per heavy atom. The van der Waals surface area contributed by atoms with Crippen molar-refractivity contribution in [2.24, 2.45) is 0 Å². The molecule has 152 valence electrons. The highest BCUT2D eigenvalue weighted by molar-refractivity contribution is 7.13. The molecular weight excluding hydrogens is 394 g/mol. The third-order valence-electron chi connectivity index (χ3n) is 4.63. The maximum Gasteiger partial charge on any atom is 0.124 e. The first kappa shape index (κ1) is 20.2. The van der Waals surface area contributed by atoms with Crippen molar-refractivity contribution in [3.8, 4) is 27.6 Å². The van der Waals surface area contributed by atoms with Crippen LogP contribution in [0.1, 0.15) is 11.7 Å². The van der Waals surface area contributed by atoms with Gasteiger partial charge in [-0.05, 0) is 30.3 Å². The number of nitrogens with zero attached hydrogens (tertiary/aromatic N) is 2. The molecule has 0 aliphatic heterocycles. The number of thiazole rings is 1. The molecule has 0 saturated heterocycles. The van der Waals surface area contributed by atoms with E-state index in [1.165, 1.54) is 0 Å². The smallest absolute Gasteiger partial charge is 0.124 e. The molecule has 0 saturated carbocycles. The van der Waals surface area contributed by atoms with Gasteiger partial charge in [-0.1, -0.05) is 36.4 Å². The lowest BCUT2D eigenvalue weighted by molar-refractivity contribution is 0.171. The van der Waals surface area contributed by atoms with Crippen LogP contribution in [0.25, 0.3) is 21.8 Å². The minimum atomic E-state index is -0.572. The molecule has 0 amide bonds. The summed E-state index contributed by atoms with van der Waals surface area (Å²) in [5.74, 6) is 0.813. The molecule has 0 bridgehead atoms. The largest absolute Gasteiger partial charge is 0.492 e. The minimum Gasteiger partial charge on any atom is -0.492 e. The van der Waals surface area contributed by atoms with Crippen LogP contribution in [-0.4, -0.2) is 34.8 Å². The fourth-order valence-corrected chi connectivity index (χ4v) is 3.85. The van der Waals surface area contributed by atoms with Gasteiger partial charge in [0.15, 0.2) is 0 Å². The van der Waals surface area contributed by atoms with Crippen LogP contribution in [0, 0.1) is 0 Å². The van der Waals surface area contributed by atoms with E-state index in [1.807, 2.05) is 54.6 Å². The Labute approximate surface area is 180 Å². The van der Waals surface area contributed by atoms with Gasteiger partial charge in [0.25, 0.3) is 0 Å². The summed E-state index contributed by atoms with van der Waals surface area (Å²) in [6.07, 6.45) is 2.80. The number of aromatic nitrogens is 2. The van der Waals surface area contributed by atoms with E-state index < -0.39 is 6.10 Å². The van der Waals surface area contributed by atoms with Crippen molar-refractivity contribution < 1.29 is 9.84 Å². The zero-order valence-electron chi connectivity index (χ0n) is 16.4. The first-order valence-electron chi connectivity index (χ1n) is 9.82. The highest BCUT2D eigenvalue weighted by Crippen LogP contribution is 2.29. The van der Waals surface area contributed by atoms with Gasteiger partial charge >= 0.3 is 0 Å². The molecule has 0 radical (unpaired) electrons.